The molecule has 0 aliphatic carbocycles. The molecule has 1 unspecified atom stereocenters. The van der Waals surface area contributed by atoms with Gasteiger partial charge < -0.3 is 10.2 Å². The van der Waals surface area contributed by atoms with E-state index >= 15 is 0 Å². The second-order valence-corrected chi connectivity index (χ2v) is 5.75. The maximum atomic E-state index is 3.37. The summed E-state index contributed by atoms with van der Waals surface area (Å²) in [5.41, 5.74) is 2.93. The van der Waals surface area contributed by atoms with E-state index in [0.29, 0.717) is 5.92 Å². The number of likely N-dealkylation sites (N-methyl/N-ethyl adjacent to an activating group) is 1. The highest BCUT2D eigenvalue weighted by Gasteiger charge is 2.23. The van der Waals surface area contributed by atoms with Gasteiger partial charge in [-0.2, -0.15) is 0 Å². The molecule has 94 valence electrons. The van der Waals surface area contributed by atoms with Crippen LogP contribution in [0.25, 0.3) is 0 Å². The lowest BCUT2D eigenvalue weighted by Crippen LogP contribution is -2.33. The van der Waals surface area contributed by atoms with Gasteiger partial charge in [0.1, 0.15) is 0 Å². The van der Waals surface area contributed by atoms with E-state index in [1.54, 1.807) is 0 Å². The Morgan fingerprint density at radius 1 is 1.35 bits per heavy atom. The molecule has 0 bridgehead atoms. The smallest absolute Gasteiger partial charge is 0.0375 e. The number of nitrogens with one attached hydrogen (secondary N) is 1. The fraction of sp³-hybridized carbons (Fsp3) is 0.600. The van der Waals surface area contributed by atoms with E-state index < -0.39 is 0 Å². The van der Waals surface area contributed by atoms with Gasteiger partial charge in [0, 0.05) is 12.1 Å². The van der Waals surface area contributed by atoms with Crippen molar-refractivity contribution >= 4 is 0 Å². The average molecular weight is 232 g/mol. The molecule has 1 heterocycles. The zero-order chi connectivity index (χ0) is 12.5. The van der Waals surface area contributed by atoms with Gasteiger partial charge in [0.2, 0.25) is 0 Å². The summed E-state index contributed by atoms with van der Waals surface area (Å²) in [6, 6.07) is 9.07. The molecule has 2 rings (SSSR count). The summed E-state index contributed by atoms with van der Waals surface area (Å²) in [6.07, 6.45) is 1.29. The van der Waals surface area contributed by atoms with Gasteiger partial charge in [0.15, 0.2) is 0 Å². The zero-order valence-electron chi connectivity index (χ0n) is 11.5. The summed E-state index contributed by atoms with van der Waals surface area (Å²) in [7, 11) is 4.23. The molecular weight excluding hydrogens is 208 g/mol. The third-order valence-corrected chi connectivity index (χ3v) is 4.10. The number of nitrogens with zero attached hydrogens (tertiary/aromatic N) is 1. The van der Waals surface area contributed by atoms with E-state index in [1.165, 1.54) is 30.6 Å². The maximum absolute atomic E-state index is 3.37. The van der Waals surface area contributed by atoms with Crippen molar-refractivity contribution in [1.82, 2.24) is 10.2 Å². The number of rotatable bonds is 3. The molecule has 0 saturated carbocycles. The van der Waals surface area contributed by atoms with Crippen LogP contribution in [0.4, 0.5) is 0 Å². The van der Waals surface area contributed by atoms with Crippen molar-refractivity contribution in [3.8, 4) is 0 Å². The van der Waals surface area contributed by atoms with Crippen LogP contribution in [0.3, 0.4) is 0 Å². The molecule has 1 N–H and O–H groups in total. The second-order valence-electron chi connectivity index (χ2n) is 5.75. The van der Waals surface area contributed by atoms with Crippen molar-refractivity contribution in [2.24, 2.45) is 0 Å². The normalized spacial score (nSPS) is 22.0. The van der Waals surface area contributed by atoms with Crippen LogP contribution in [0.1, 0.15) is 37.3 Å². The van der Waals surface area contributed by atoms with Crippen molar-refractivity contribution in [2.75, 3.05) is 27.2 Å². The predicted molar refractivity (Wildman–Crippen MR) is 73.4 cm³/mol. The lowest BCUT2D eigenvalue weighted by Gasteiger charge is -2.26. The van der Waals surface area contributed by atoms with E-state index in [1.807, 2.05) is 7.05 Å². The quantitative estimate of drug-likeness (QED) is 0.861. The molecule has 1 saturated heterocycles. The minimum atomic E-state index is 0.0561. The Bertz CT molecular complexity index is 384. The van der Waals surface area contributed by atoms with Gasteiger partial charge in [0.25, 0.3) is 0 Å². The fourth-order valence-corrected chi connectivity index (χ4v) is 2.53. The van der Waals surface area contributed by atoms with Crippen molar-refractivity contribution in [1.29, 1.82) is 0 Å². The van der Waals surface area contributed by atoms with Crippen molar-refractivity contribution in [3.63, 3.8) is 0 Å². The van der Waals surface area contributed by atoms with Gasteiger partial charge >= 0.3 is 0 Å². The molecule has 2 heteroatoms. The number of likely N-dealkylation sites (tertiary alicyclic amines) is 1. The summed E-state index contributed by atoms with van der Waals surface area (Å²) in [5, 5.41) is 3.37. The lowest BCUT2D eigenvalue weighted by atomic mass is 9.89. The summed E-state index contributed by atoms with van der Waals surface area (Å²) in [4.78, 5) is 2.42. The summed E-state index contributed by atoms with van der Waals surface area (Å²) in [6.45, 7) is 6.88. The molecule has 2 nitrogen and oxygen atoms in total. The number of benzene rings is 1. The van der Waals surface area contributed by atoms with Gasteiger partial charge in [-0.1, -0.05) is 24.3 Å². The van der Waals surface area contributed by atoms with E-state index in [2.05, 4.69) is 55.4 Å². The first kappa shape index (κ1) is 12.6. The molecule has 0 aromatic heterocycles. The highest BCUT2D eigenvalue weighted by Crippen LogP contribution is 2.29. The van der Waals surface area contributed by atoms with Gasteiger partial charge in [-0.25, -0.2) is 0 Å². The molecule has 1 fully saturated rings. The van der Waals surface area contributed by atoms with Crippen LogP contribution in [0.5, 0.6) is 0 Å². The molecule has 0 amide bonds. The van der Waals surface area contributed by atoms with Crippen LogP contribution in [-0.4, -0.2) is 32.1 Å². The standard InChI is InChI=1S/C15H24N2/c1-15(2,16-3)14-7-5-6-12(10-14)13-8-9-17(4)11-13/h5-7,10,13,16H,8-9,11H2,1-4H3. The Morgan fingerprint density at radius 3 is 2.71 bits per heavy atom. The number of hydrogen-bond donors (Lipinski definition) is 1. The minimum Gasteiger partial charge on any atom is -0.311 e. The Balaban J connectivity index is 2.23. The van der Waals surface area contributed by atoms with Crippen LogP contribution in [-0.2, 0) is 5.54 Å². The predicted octanol–water partition coefficient (Wildman–Crippen LogP) is 2.56. The molecule has 1 aliphatic heterocycles. The first-order valence-electron chi connectivity index (χ1n) is 6.51. The minimum absolute atomic E-state index is 0.0561. The van der Waals surface area contributed by atoms with Crippen molar-refractivity contribution in [3.05, 3.63) is 35.4 Å². The Morgan fingerprint density at radius 2 is 2.12 bits per heavy atom. The topological polar surface area (TPSA) is 15.3 Å². The van der Waals surface area contributed by atoms with Crippen molar-refractivity contribution in [2.45, 2.75) is 31.7 Å². The van der Waals surface area contributed by atoms with Gasteiger partial charge in [-0.15, -0.1) is 0 Å². The van der Waals surface area contributed by atoms with E-state index in [0.717, 1.165) is 0 Å². The van der Waals surface area contributed by atoms with Crippen LogP contribution in [0, 0.1) is 0 Å². The molecule has 0 spiro atoms. The third kappa shape index (κ3) is 2.70. The van der Waals surface area contributed by atoms with E-state index in [9.17, 15) is 0 Å². The molecule has 1 aromatic carbocycles. The number of hydrogen-bond acceptors (Lipinski definition) is 2. The Kier molecular flexibility index (Phi) is 3.55. The molecule has 1 atom stereocenters. The Labute approximate surface area is 105 Å². The van der Waals surface area contributed by atoms with Crippen LogP contribution < -0.4 is 5.32 Å². The largest absolute Gasteiger partial charge is 0.311 e. The monoisotopic (exact) mass is 232 g/mol. The average Bonchev–Trinajstić information content (AvgIpc) is 2.76. The van der Waals surface area contributed by atoms with Gasteiger partial charge in [0.05, 0.1) is 0 Å². The summed E-state index contributed by atoms with van der Waals surface area (Å²) < 4.78 is 0. The van der Waals surface area contributed by atoms with Crippen molar-refractivity contribution < 1.29 is 0 Å². The Hall–Kier alpha value is -0.860. The lowest BCUT2D eigenvalue weighted by molar-refractivity contribution is 0.411. The maximum Gasteiger partial charge on any atom is 0.0375 e. The molecule has 17 heavy (non-hydrogen) atoms. The van der Waals surface area contributed by atoms with E-state index in [-0.39, 0.29) is 5.54 Å². The van der Waals surface area contributed by atoms with Gasteiger partial charge in [-0.05, 0) is 58.0 Å². The van der Waals surface area contributed by atoms with E-state index in [4.69, 9.17) is 0 Å². The SMILES string of the molecule is CNC(C)(C)c1cccc(C2CCN(C)C2)c1. The van der Waals surface area contributed by atoms with Crippen LogP contribution >= 0.6 is 0 Å². The second kappa shape index (κ2) is 4.79. The summed E-state index contributed by atoms with van der Waals surface area (Å²) >= 11 is 0. The highest BCUT2D eigenvalue weighted by molar-refractivity contribution is 5.31. The first-order chi connectivity index (χ1) is 8.03. The fourth-order valence-electron chi connectivity index (χ4n) is 2.53. The van der Waals surface area contributed by atoms with Gasteiger partial charge in [-0.3, -0.25) is 0 Å². The molecule has 0 radical (unpaired) electrons. The summed E-state index contributed by atoms with van der Waals surface area (Å²) in [5.74, 6) is 0.715. The third-order valence-electron chi connectivity index (χ3n) is 4.10. The molecule has 1 aromatic rings. The molecule has 1 aliphatic rings. The highest BCUT2D eigenvalue weighted by atomic mass is 15.1. The first-order valence-corrected chi connectivity index (χ1v) is 6.51. The van der Waals surface area contributed by atoms with Crippen LogP contribution in [0.2, 0.25) is 0 Å². The molecular formula is C15H24N2. The van der Waals surface area contributed by atoms with Crippen LogP contribution in [0.15, 0.2) is 24.3 Å². The zero-order valence-corrected chi connectivity index (χ0v) is 11.5.